The minimum atomic E-state index is -5.08. The number of likely N-dealkylation sites (tertiary alicyclic amines) is 1. The number of aliphatic hydroxyl groups is 1. The van der Waals surface area contributed by atoms with Gasteiger partial charge in [0, 0.05) is 24.8 Å². The largest absolute Gasteiger partial charge is 0.490 e. The molecule has 1 saturated heterocycles. The third-order valence-corrected chi connectivity index (χ3v) is 5.79. The van der Waals surface area contributed by atoms with Gasteiger partial charge in [-0.05, 0) is 55.2 Å². The number of amides is 1. The molecule has 1 amide bonds. The highest BCUT2D eigenvalue weighted by Gasteiger charge is 2.38. The molecular formula is C24H22ClF3N2O5. The third kappa shape index (κ3) is 6.83. The Morgan fingerprint density at radius 3 is 2.26 bits per heavy atom. The molecule has 0 saturated carbocycles. The highest BCUT2D eigenvalue weighted by molar-refractivity contribution is 6.33. The second-order valence-corrected chi connectivity index (χ2v) is 8.18. The van der Waals surface area contributed by atoms with Crippen LogP contribution in [0.2, 0.25) is 5.02 Å². The average Bonchev–Trinajstić information content (AvgIpc) is 3.34. The van der Waals surface area contributed by atoms with Gasteiger partial charge in [0.05, 0.1) is 16.8 Å². The molecule has 1 atom stereocenters. The average molecular weight is 511 g/mol. The summed E-state index contributed by atoms with van der Waals surface area (Å²) in [6.45, 7) is 1.16. The number of piperidine rings is 1. The first-order valence-corrected chi connectivity index (χ1v) is 11.0. The van der Waals surface area contributed by atoms with Gasteiger partial charge in [-0.25, -0.2) is 4.79 Å². The van der Waals surface area contributed by atoms with Crippen LogP contribution in [0.15, 0.2) is 65.2 Å². The van der Waals surface area contributed by atoms with Crippen LogP contribution in [0.5, 0.6) is 0 Å². The molecule has 3 heterocycles. The number of pyridine rings is 1. The van der Waals surface area contributed by atoms with Crippen LogP contribution in [-0.4, -0.2) is 51.2 Å². The van der Waals surface area contributed by atoms with Gasteiger partial charge in [-0.1, -0.05) is 29.8 Å². The number of aliphatic hydroxyl groups excluding tert-OH is 1. The van der Waals surface area contributed by atoms with E-state index in [1.54, 1.807) is 29.3 Å². The lowest BCUT2D eigenvalue weighted by Gasteiger charge is -2.33. The minimum absolute atomic E-state index is 0.0919. The van der Waals surface area contributed by atoms with Crippen molar-refractivity contribution >= 4 is 23.5 Å². The van der Waals surface area contributed by atoms with Gasteiger partial charge in [0.15, 0.2) is 5.76 Å². The van der Waals surface area contributed by atoms with Gasteiger partial charge < -0.3 is 19.5 Å². The Morgan fingerprint density at radius 2 is 1.69 bits per heavy atom. The Balaban J connectivity index is 0.000000429. The summed E-state index contributed by atoms with van der Waals surface area (Å²) < 4.78 is 37.5. The van der Waals surface area contributed by atoms with E-state index < -0.39 is 18.2 Å². The number of furan rings is 1. The number of carbonyl (C=O) groups is 2. The van der Waals surface area contributed by atoms with Gasteiger partial charge in [0.2, 0.25) is 0 Å². The highest BCUT2D eigenvalue weighted by atomic mass is 35.5. The summed E-state index contributed by atoms with van der Waals surface area (Å²) in [6, 6.07) is 16.4. The smallest absolute Gasteiger partial charge is 0.475 e. The first-order chi connectivity index (χ1) is 16.6. The van der Waals surface area contributed by atoms with Gasteiger partial charge in [0.25, 0.3) is 5.91 Å². The predicted octanol–water partition coefficient (Wildman–Crippen LogP) is 5.21. The first-order valence-electron chi connectivity index (χ1n) is 10.6. The number of rotatable bonds is 4. The molecule has 1 aromatic carbocycles. The van der Waals surface area contributed by atoms with Crippen LogP contribution in [0.3, 0.4) is 0 Å². The second kappa shape index (κ2) is 11.4. The molecular weight excluding hydrogens is 489 g/mol. The molecule has 11 heteroatoms. The quantitative estimate of drug-likeness (QED) is 0.499. The molecule has 1 aliphatic rings. The Labute approximate surface area is 203 Å². The fourth-order valence-electron chi connectivity index (χ4n) is 3.63. The van der Waals surface area contributed by atoms with Crippen LogP contribution in [0.1, 0.15) is 35.2 Å². The number of nitrogens with zero attached hydrogens (tertiary/aromatic N) is 2. The highest BCUT2D eigenvalue weighted by Crippen LogP contribution is 2.32. The van der Waals surface area contributed by atoms with Crippen molar-refractivity contribution in [2.75, 3.05) is 13.1 Å². The fraction of sp³-hybridized carbons (Fsp3) is 0.292. The number of halogens is 4. The number of aromatic nitrogens is 1. The van der Waals surface area contributed by atoms with Crippen molar-refractivity contribution in [3.05, 3.63) is 77.3 Å². The van der Waals surface area contributed by atoms with Crippen molar-refractivity contribution in [1.29, 1.82) is 0 Å². The Morgan fingerprint density at radius 1 is 1.06 bits per heavy atom. The molecule has 1 aliphatic heterocycles. The van der Waals surface area contributed by atoms with Crippen molar-refractivity contribution in [2.45, 2.75) is 25.1 Å². The van der Waals surface area contributed by atoms with E-state index in [0.29, 0.717) is 35.3 Å². The third-order valence-electron chi connectivity index (χ3n) is 5.46. The molecule has 1 fully saturated rings. The monoisotopic (exact) mass is 510 g/mol. The lowest BCUT2D eigenvalue weighted by molar-refractivity contribution is -0.192. The summed E-state index contributed by atoms with van der Waals surface area (Å²) in [7, 11) is 0. The zero-order valence-electron chi connectivity index (χ0n) is 18.3. The molecule has 7 nitrogen and oxygen atoms in total. The molecule has 0 bridgehead atoms. The van der Waals surface area contributed by atoms with E-state index in [2.05, 4.69) is 4.98 Å². The Bertz CT molecular complexity index is 1150. The number of hydrogen-bond donors (Lipinski definition) is 2. The maximum atomic E-state index is 12.8. The van der Waals surface area contributed by atoms with Crippen LogP contribution in [0.25, 0.3) is 11.3 Å². The van der Waals surface area contributed by atoms with Crippen molar-refractivity contribution in [3.63, 3.8) is 0 Å². The van der Waals surface area contributed by atoms with E-state index >= 15 is 0 Å². The maximum absolute atomic E-state index is 12.8. The molecule has 2 N–H and O–H groups in total. The standard InChI is InChI=1S/C22H21ClN2O3.C2HF3O2/c23-17-6-2-1-5-16(17)19-8-9-20(28-19)22(27)25-13-10-15(11-14-25)21(26)18-7-3-4-12-24-18;3-2(4,5)1(6)7/h1-9,12,15,21,26H,10-11,13-14H2;(H,6,7). The summed E-state index contributed by atoms with van der Waals surface area (Å²) >= 11 is 6.21. The first kappa shape index (κ1) is 26.2. The molecule has 0 aliphatic carbocycles. The van der Waals surface area contributed by atoms with Crippen LogP contribution < -0.4 is 0 Å². The van der Waals surface area contributed by atoms with E-state index in [1.807, 2.05) is 36.4 Å². The number of carbonyl (C=O) groups excluding carboxylic acids is 1. The van der Waals surface area contributed by atoms with Crippen molar-refractivity contribution in [3.8, 4) is 11.3 Å². The number of alkyl halides is 3. The van der Waals surface area contributed by atoms with Crippen molar-refractivity contribution < 1.29 is 37.4 Å². The van der Waals surface area contributed by atoms with Crippen molar-refractivity contribution in [2.24, 2.45) is 5.92 Å². The lowest BCUT2D eigenvalue weighted by Crippen LogP contribution is -2.39. The van der Waals surface area contributed by atoms with Gasteiger partial charge >= 0.3 is 12.1 Å². The van der Waals surface area contributed by atoms with E-state index in [1.165, 1.54) is 0 Å². The fourth-order valence-corrected chi connectivity index (χ4v) is 3.85. The molecule has 0 spiro atoms. The van der Waals surface area contributed by atoms with Gasteiger partial charge in [-0.2, -0.15) is 13.2 Å². The minimum Gasteiger partial charge on any atom is -0.475 e. The number of benzene rings is 1. The van der Waals surface area contributed by atoms with Crippen LogP contribution in [-0.2, 0) is 4.79 Å². The van der Waals surface area contributed by atoms with Crippen LogP contribution >= 0.6 is 11.6 Å². The van der Waals surface area contributed by atoms with E-state index in [9.17, 15) is 23.1 Å². The molecule has 0 radical (unpaired) electrons. The van der Waals surface area contributed by atoms with Crippen LogP contribution in [0, 0.1) is 5.92 Å². The molecule has 1 unspecified atom stereocenters. The van der Waals surface area contributed by atoms with E-state index in [-0.39, 0.29) is 11.8 Å². The van der Waals surface area contributed by atoms with E-state index in [0.717, 1.165) is 18.4 Å². The number of hydrogen-bond acceptors (Lipinski definition) is 5. The predicted molar refractivity (Wildman–Crippen MR) is 121 cm³/mol. The maximum Gasteiger partial charge on any atom is 0.490 e. The number of carboxylic acids is 1. The zero-order valence-corrected chi connectivity index (χ0v) is 19.0. The molecule has 3 aromatic rings. The molecule has 2 aromatic heterocycles. The normalized spacial score (nSPS) is 15.2. The Kier molecular flexibility index (Phi) is 8.52. The van der Waals surface area contributed by atoms with Gasteiger partial charge in [0.1, 0.15) is 5.76 Å². The summed E-state index contributed by atoms with van der Waals surface area (Å²) in [5.41, 5.74) is 1.45. The number of aliphatic carboxylic acids is 1. The summed E-state index contributed by atoms with van der Waals surface area (Å²) in [4.78, 5) is 27.7. The zero-order chi connectivity index (χ0) is 25.6. The Hall–Kier alpha value is -3.37. The topological polar surface area (TPSA) is 104 Å². The second-order valence-electron chi connectivity index (χ2n) is 7.78. The molecule has 4 rings (SSSR count). The lowest BCUT2D eigenvalue weighted by atomic mass is 9.89. The summed E-state index contributed by atoms with van der Waals surface area (Å²) in [5, 5.41) is 18.3. The molecule has 35 heavy (non-hydrogen) atoms. The van der Waals surface area contributed by atoms with Gasteiger partial charge in [-0.3, -0.25) is 9.78 Å². The summed E-state index contributed by atoms with van der Waals surface area (Å²) in [6.07, 6.45) is -2.55. The van der Waals surface area contributed by atoms with Crippen molar-refractivity contribution in [1.82, 2.24) is 9.88 Å². The van der Waals surface area contributed by atoms with Gasteiger partial charge in [-0.15, -0.1) is 0 Å². The summed E-state index contributed by atoms with van der Waals surface area (Å²) in [5.74, 6) is -1.92. The number of carboxylic acid groups (broad SMARTS) is 1. The van der Waals surface area contributed by atoms with Crippen LogP contribution in [0.4, 0.5) is 13.2 Å². The molecule has 186 valence electrons. The SMILES string of the molecule is O=C(O)C(F)(F)F.O=C(c1ccc(-c2ccccc2Cl)o1)N1CCC(C(O)c2ccccn2)CC1. The van der Waals surface area contributed by atoms with E-state index in [4.69, 9.17) is 25.9 Å².